The van der Waals surface area contributed by atoms with Crippen LogP contribution >= 0.6 is 11.8 Å². The lowest BCUT2D eigenvalue weighted by Crippen LogP contribution is -2.30. The molecule has 0 spiro atoms. The van der Waals surface area contributed by atoms with Gasteiger partial charge in [-0.05, 0) is 50.2 Å². The van der Waals surface area contributed by atoms with E-state index in [0.717, 1.165) is 22.3 Å². The summed E-state index contributed by atoms with van der Waals surface area (Å²) < 4.78 is 31.2. The monoisotopic (exact) mass is 484 g/mol. The molecule has 1 aromatic carbocycles. The van der Waals surface area contributed by atoms with Crippen LogP contribution in [0, 0.1) is 6.92 Å². The SMILES string of the molecule is CCOc1ccc(N(Cc2cc(=O)n3c(C)cccc3n2)C2=N[C@H]3CS(=O)(=O)C[C@H]3S2)cc1. The Morgan fingerprint density at radius 1 is 1.18 bits per heavy atom. The van der Waals surface area contributed by atoms with Gasteiger partial charge in [-0.15, -0.1) is 0 Å². The molecule has 2 aromatic heterocycles. The van der Waals surface area contributed by atoms with Crippen LogP contribution in [0.15, 0.2) is 58.3 Å². The van der Waals surface area contributed by atoms with Crippen LogP contribution in [0.3, 0.4) is 0 Å². The molecule has 1 fully saturated rings. The van der Waals surface area contributed by atoms with E-state index in [9.17, 15) is 13.2 Å². The number of hydrogen-bond donors (Lipinski definition) is 0. The van der Waals surface area contributed by atoms with E-state index >= 15 is 0 Å². The molecule has 0 unspecified atom stereocenters. The summed E-state index contributed by atoms with van der Waals surface area (Å²) >= 11 is 1.48. The number of nitrogens with zero attached hydrogens (tertiary/aromatic N) is 4. The fraction of sp³-hybridized carbons (Fsp3) is 0.348. The quantitative estimate of drug-likeness (QED) is 0.550. The number of thioether (sulfide) groups is 1. The van der Waals surface area contributed by atoms with Gasteiger partial charge in [0.1, 0.15) is 11.4 Å². The Hall–Kier alpha value is -2.85. The number of rotatable bonds is 5. The van der Waals surface area contributed by atoms with Crippen molar-refractivity contribution in [1.82, 2.24) is 9.38 Å². The summed E-state index contributed by atoms with van der Waals surface area (Å²) in [5.74, 6) is 0.990. The maximum atomic E-state index is 12.8. The maximum absolute atomic E-state index is 12.8. The molecule has 0 bridgehead atoms. The second-order valence-electron chi connectivity index (χ2n) is 8.17. The molecule has 2 atom stereocenters. The third-order valence-corrected chi connectivity index (χ3v) is 9.00. The van der Waals surface area contributed by atoms with Gasteiger partial charge in [-0.1, -0.05) is 17.8 Å². The number of aryl methyl sites for hydroxylation is 1. The second-order valence-corrected chi connectivity index (χ2v) is 11.5. The zero-order valence-corrected chi connectivity index (χ0v) is 20.0. The molecule has 2 aliphatic rings. The third-order valence-electron chi connectivity index (χ3n) is 5.75. The number of aliphatic imine (C=N–C) groups is 1. The smallest absolute Gasteiger partial charge is 0.258 e. The van der Waals surface area contributed by atoms with Gasteiger partial charge in [0.15, 0.2) is 15.0 Å². The molecule has 8 nitrogen and oxygen atoms in total. The van der Waals surface area contributed by atoms with Crippen molar-refractivity contribution in [3.05, 3.63) is 70.3 Å². The number of benzene rings is 1. The lowest BCUT2D eigenvalue weighted by Gasteiger charge is -2.24. The minimum absolute atomic E-state index is 0.0759. The predicted octanol–water partition coefficient (Wildman–Crippen LogP) is 2.68. The van der Waals surface area contributed by atoms with Crippen molar-refractivity contribution in [2.45, 2.75) is 31.7 Å². The van der Waals surface area contributed by atoms with E-state index in [2.05, 4.69) is 0 Å². The van der Waals surface area contributed by atoms with E-state index in [1.807, 2.05) is 61.2 Å². The van der Waals surface area contributed by atoms with Crippen molar-refractivity contribution in [2.24, 2.45) is 4.99 Å². The van der Waals surface area contributed by atoms with E-state index in [-0.39, 0.29) is 28.4 Å². The molecule has 172 valence electrons. The fourth-order valence-electron chi connectivity index (χ4n) is 4.24. The Labute approximate surface area is 196 Å². The Kier molecular flexibility index (Phi) is 5.65. The first kappa shape index (κ1) is 22.0. The lowest BCUT2D eigenvalue weighted by atomic mass is 10.2. The molecule has 0 N–H and O–H groups in total. The van der Waals surface area contributed by atoms with Crippen LogP contribution in [0.5, 0.6) is 5.75 Å². The third kappa shape index (κ3) is 4.37. The molecule has 4 heterocycles. The molecule has 0 saturated carbocycles. The average molecular weight is 485 g/mol. The minimum atomic E-state index is -3.04. The van der Waals surface area contributed by atoms with Gasteiger partial charge < -0.3 is 9.64 Å². The van der Waals surface area contributed by atoms with Gasteiger partial charge in [0, 0.05) is 22.7 Å². The van der Waals surface area contributed by atoms with Crippen molar-refractivity contribution in [1.29, 1.82) is 0 Å². The first-order chi connectivity index (χ1) is 15.8. The zero-order valence-electron chi connectivity index (χ0n) is 18.3. The highest BCUT2D eigenvalue weighted by molar-refractivity contribution is 8.15. The summed E-state index contributed by atoms with van der Waals surface area (Å²) in [4.78, 5) is 24.3. The molecule has 0 radical (unpaired) electrons. The van der Waals surface area contributed by atoms with E-state index in [1.54, 1.807) is 10.5 Å². The van der Waals surface area contributed by atoms with Crippen LogP contribution in [0.1, 0.15) is 18.3 Å². The fourth-order valence-corrected chi connectivity index (χ4v) is 8.02. The predicted molar refractivity (Wildman–Crippen MR) is 131 cm³/mol. The van der Waals surface area contributed by atoms with Crippen LogP contribution in [0.4, 0.5) is 5.69 Å². The van der Waals surface area contributed by atoms with Gasteiger partial charge in [-0.25, -0.2) is 13.4 Å². The van der Waals surface area contributed by atoms with E-state index in [4.69, 9.17) is 14.7 Å². The van der Waals surface area contributed by atoms with Crippen molar-refractivity contribution in [3.8, 4) is 5.75 Å². The normalized spacial score (nSPS) is 21.1. The number of ether oxygens (including phenoxy) is 1. The van der Waals surface area contributed by atoms with Crippen molar-refractivity contribution in [3.63, 3.8) is 0 Å². The molecule has 10 heteroatoms. The topological polar surface area (TPSA) is 93.3 Å². The van der Waals surface area contributed by atoms with Crippen LogP contribution in [-0.2, 0) is 16.4 Å². The Morgan fingerprint density at radius 3 is 2.70 bits per heavy atom. The largest absolute Gasteiger partial charge is 0.494 e. The number of hydrogen-bond acceptors (Lipinski definition) is 8. The molecule has 33 heavy (non-hydrogen) atoms. The lowest BCUT2D eigenvalue weighted by molar-refractivity contribution is 0.340. The number of aromatic nitrogens is 2. The van der Waals surface area contributed by atoms with E-state index in [1.165, 1.54) is 11.8 Å². The van der Waals surface area contributed by atoms with Gasteiger partial charge in [-0.3, -0.25) is 14.2 Å². The number of amidine groups is 1. The Bertz CT molecular complexity index is 1400. The summed E-state index contributed by atoms with van der Waals surface area (Å²) in [6.45, 7) is 4.72. The first-order valence-corrected chi connectivity index (χ1v) is 13.5. The summed E-state index contributed by atoms with van der Waals surface area (Å²) in [6, 6.07) is 14.5. The van der Waals surface area contributed by atoms with Crippen molar-refractivity contribution < 1.29 is 13.2 Å². The van der Waals surface area contributed by atoms with Crippen molar-refractivity contribution >= 4 is 38.1 Å². The number of anilines is 1. The van der Waals surface area contributed by atoms with E-state index < -0.39 is 9.84 Å². The number of pyridine rings is 1. The highest BCUT2D eigenvalue weighted by Crippen LogP contribution is 2.37. The summed E-state index contributed by atoms with van der Waals surface area (Å²) in [7, 11) is -3.04. The van der Waals surface area contributed by atoms with Crippen molar-refractivity contribution in [2.75, 3.05) is 23.0 Å². The van der Waals surface area contributed by atoms with Gasteiger partial charge in [0.05, 0.1) is 36.4 Å². The second kappa shape index (κ2) is 8.49. The first-order valence-electron chi connectivity index (χ1n) is 10.8. The average Bonchev–Trinajstić information content (AvgIpc) is 3.26. The summed E-state index contributed by atoms with van der Waals surface area (Å²) in [6.07, 6.45) is 0. The molecule has 0 amide bonds. The number of fused-ring (bicyclic) bond motifs is 2. The number of sulfone groups is 1. The molecule has 0 aliphatic carbocycles. The highest BCUT2D eigenvalue weighted by atomic mass is 32.2. The molecular weight excluding hydrogens is 460 g/mol. The van der Waals surface area contributed by atoms with Crippen LogP contribution in [0.25, 0.3) is 5.65 Å². The molecule has 5 rings (SSSR count). The van der Waals surface area contributed by atoms with Gasteiger partial charge in [0.2, 0.25) is 0 Å². The molecular formula is C23H24N4O4S2. The van der Waals surface area contributed by atoms with E-state index in [0.29, 0.717) is 24.5 Å². The Balaban J connectivity index is 1.52. The summed E-state index contributed by atoms with van der Waals surface area (Å²) in [5.41, 5.74) is 2.77. The molecule has 1 saturated heterocycles. The van der Waals surface area contributed by atoms with Gasteiger partial charge in [-0.2, -0.15) is 0 Å². The minimum Gasteiger partial charge on any atom is -0.494 e. The molecule has 2 aliphatic heterocycles. The maximum Gasteiger partial charge on any atom is 0.258 e. The van der Waals surface area contributed by atoms with Crippen LogP contribution in [0.2, 0.25) is 0 Å². The molecule has 3 aromatic rings. The van der Waals surface area contributed by atoms with Gasteiger partial charge >= 0.3 is 0 Å². The summed E-state index contributed by atoms with van der Waals surface area (Å²) in [5, 5.41) is 0.670. The van der Waals surface area contributed by atoms with Crippen LogP contribution < -0.4 is 15.2 Å². The van der Waals surface area contributed by atoms with Gasteiger partial charge in [0.25, 0.3) is 5.56 Å². The zero-order chi connectivity index (χ0) is 23.2. The highest BCUT2D eigenvalue weighted by Gasteiger charge is 2.44. The Morgan fingerprint density at radius 2 is 1.97 bits per heavy atom. The standard InChI is InChI=1S/C23H24N4O4S2/c1-3-31-18-9-7-17(8-10-18)26(23-25-19-13-33(29,30)14-20(19)32-23)12-16-11-22(28)27-15(2)5-4-6-21(27)24-16/h4-11,19-20H,3,12-14H2,1-2H3/t19-,20+/m0/s1. The van der Waals surface area contributed by atoms with Crippen LogP contribution in [-0.4, -0.2) is 52.4 Å².